The van der Waals surface area contributed by atoms with Crippen molar-refractivity contribution in [2.45, 2.75) is 26.9 Å². The van der Waals surface area contributed by atoms with Gasteiger partial charge in [0.25, 0.3) is 0 Å². The summed E-state index contributed by atoms with van der Waals surface area (Å²) < 4.78 is 5.01. The molecule has 1 aromatic carbocycles. The van der Waals surface area contributed by atoms with Gasteiger partial charge in [0.05, 0.1) is 0 Å². The smallest absolute Gasteiger partial charge is 0.407 e. The number of alkyl carbamates (subject to hydrolysis) is 1. The Hall–Kier alpha value is -2.30. The Kier molecular flexibility index (Phi) is 6.89. The Morgan fingerprint density at radius 3 is 2.85 bits per heavy atom. The topological polar surface area (TPSA) is 67.4 Å². The minimum absolute atomic E-state index is 0.110. The molecule has 0 atom stereocenters. The molecule has 0 aliphatic carbocycles. The SMILES string of the molecule is CC/C=C/NC(=O)CNC(=O)OCc1cccc(C)c1. The Balaban J connectivity index is 2.23. The largest absolute Gasteiger partial charge is 0.445 e. The molecule has 0 heterocycles. The van der Waals surface area contributed by atoms with E-state index in [0.717, 1.165) is 17.5 Å². The molecule has 1 rings (SSSR count). The van der Waals surface area contributed by atoms with E-state index >= 15 is 0 Å². The highest BCUT2D eigenvalue weighted by atomic mass is 16.5. The van der Waals surface area contributed by atoms with Crippen molar-refractivity contribution >= 4 is 12.0 Å². The maximum atomic E-state index is 11.4. The molecule has 0 radical (unpaired) electrons. The van der Waals surface area contributed by atoms with Gasteiger partial charge in [-0.15, -0.1) is 0 Å². The van der Waals surface area contributed by atoms with Gasteiger partial charge in [-0.25, -0.2) is 4.79 Å². The Bertz CT molecular complexity index is 484. The van der Waals surface area contributed by atoms with E-state index in [1.54, 1.807) is 6.20 Å². The average Bonchev–Trinajstić information content (AvgIpc) is 2.43. The van der Waals surface area contributed by atoms with Crippen LogP contribution in [0.1, 0.15) is 24.5 Å². The second-order valence-electron chi connectivity index (χ2n) is 4.30. The summed E-state index contributed by atoms with van der Waals surface area (Å²) in [5.74, 6) is -0.290. The lowest BCUT2D eigenvalue weighted by Crippen LogP contribution is -2.35. The van der Waals surface area contributed by atoms with Crippen LogP contribution in [0.2, 0.25) is 0 Å². The van der Waals surface area contributed by atoms with Gasteiger partial charge in [0, 0.05) is 0 Å². The number of rotatable bonds is 6. The fourth-order valence-corrected chi connectivity index (χ4v) is 1.48. The maximum Gasteiger partial charge on any atom is 0.407 e. The zero-order chi connectivity index (χ0) is 14.8. The molecule has 1 aromatic rings. The molecule has 108 valence electrons. The Labute approximate surface area is 119 Å². The number of carbonyl (C=O) groups excluding carboxylic acids is 2. The number of aryl methyl sites for hydroxylation is 1. The van der Waals surface area contributed by atoms with Gasteiger partial charge in [-0.2, -0.15) is 0 Å². The Morgan fingerprint density at radius 1 is 1.35 bits per heavy atom. The van der Waals surface area contributed by atoms with E-state index in [2.05, 4.69) is 10.6 Å². The monoisotopic (exact) mass is 276 g/mol. The number of hydrogen-bond donors (Lipinski definition) is 2. The summed E-state index contributed by atoms with van der Waals surface area (Å²) in [4.78, 5) is 22.7. The number of amides is 2. The zero-order valence-electron chi connectivity index (χ0n) is 11.8. The first-order valence-electron chi connectivity index (χ1n) is 6.52. The number of hydrogen-bond acceptors (Lipinski definition) is 3. The molecule has 2 amide bonds. The number of allylic oxidation sites excluding steroid dienone is 1. The van der Waals surface area contributed by atoms with Gasteiger partial charge in [0.1, 0.15) is 13.2 Å². The van der Waals surface area contributed by atoms with E-state index in [1.807, 2.05) is 44.2 Å². The molecule has 20 heavy (non-hydrogen) atoms. The van der Waals surface area contributed by atoms with Crippen molar-refractivity contribution in [3.8, 4) is 0 Å². The van der Waals surface area contributed by atoms with E-state index in [0.29, 0.717) is 0 Å². The Morgan fingerprint density at radius 2 is 2.15 bits per heavy atom. The van der Waals surface area contributed by atoms with Gasteiger partial charge < -0.3 is 15.4 Å². The van der Waals surface area contributed by atoms with Crippen LogP contribution in [-0.2, 0) is 16.1 Å². The van der Waals surface area contributed by atoms with Crippen LogP contribution in [0.4, 0.5) is 4.79 Å². The van der Waals surface area contributed by atoms with Crippen molar-refractivity contribution in [2.75, 3.05) is 6.54 Å². The summed E-state index contributed by atoms with van der Waals surface area (Å²) in [6, 6.07) is 7.69. The van der Waals surface area contributed by atoms with Gasteiger partial charge in [-0.3, -0.25) is 4.79 Å². The molecule has 5 nitrogen and oxygen atoms in total. The summed E-state index contributed by atoms with van der Waals surface area (Å²) >= 11 is 0. The molecule has 2 N–H and O–H groups in total. The van der Waals surface area contributed by atoms with Crippen molar-refractivity contribution in [3.63, 3.8) is 0 Å². The quantitative estimate of drug-likeness (QED) is 0.837. The highest BCUT2D eigenvalue weighted by Gasteiger charge is 2.05. The molecular weight excluding hydrogens is 256 g/mol. The molecule has 0 aliphatic heterocycles. The highest BCUT2D eigenvalue weighted by Crippen LogP contribution is 2.05. The lowest BCUT2D eigenvalue weighted by molar-refractivity contribution is -0.119. The summed E-state index contributed by atoms with van der Waals surface area (Å²) in [6.45, 7) is 4.01. The molecular formula is C15H20N2O3. The van der Waals surface area contributed by atoms with Crippen molar-refractivity contribution < 1.29 is 14.3 Å². The predicted octanol–water partition coefficient (Wildman–Crippen LogP) is 2.26. The van der Waals surface area contributed by atoms with Crippen LogP contribution in [0.25, 0.3) is 0 Å². The third kappa shape index (κ3) is 6.58. The average molecular weight is 276 g/mol. The number of nitrogens with one attached hydrogen (secondary N) is 2. The van der Waals surface area contributed by atoms with Gasteiger partial charge in [-0.1, -0.05) is 42.8 Å². The van der Waals surface area contributed by atoms with E-state index < -0.39 is 6.09 Å². The fourth-order valence-electron chi connectivity index (χ4n) is 1.48. The van der Waals surface area contributed by atoms with Crippen molar-refractivity contribution in [1.29, 1.82) is 0 Å². The van der Waals surface area contributed by atoms with Crippen molar-refractivity contribution in [3.05, 3.63) is 47.7 Å². The molecule has 0 saturated carbocycles. The van der Waals surface area contributed by atoms with Gasteiger partial charge in [0.15, 0.2) is 0 Å². The third-order valence-corrected chi connectivity index (χ3v) is 2.44. The summed E-state index contributed by atoms with van der Waals surface area (Å²) in [5, 5.41) is 4.92. The number of ether oxygens (including phenoxy) is 1. The van der Waals surface area contributed by atoms with Crippen LogP contribution >= 0.6 is 0 Å². The third-order valence-electron chi connectivity index (χ3n) is 2.44. The second kappa shape index (κ2) is 8.74. The lowest BCUT2D eigenvalue weighted by atomic mass is 10.1. The molecule has 5 heteroatoms. The van der Waals surface area contributed by atoms with Gasteiger partial charge in [-0.05, 0) is 25.1 Å². The minimum atomic E-state index is -0.610. The van der Waals surface area contributed by atoms with Crippen LogP contribution in [-0.4, -0.2) is 18.5 Å². The van der Waals surface area contributed by atoms with Crippen molar-refractivity contribution in [1.82, 2.24) is 10.6 Å². The fraction of sp³-hybridized carbons (Fsp3) is 0.333. The molecule has 0 unspecified atom stereocenters. The van der Waals surface area contributed by atoms with Crippen LogP contribution in [0.3, 0.4) is 0 Å². The highest BCUT2D eigenvalue weighted by molar-refractivity contribution is 5.82. The van der Waals surface area contributed by atoms with E-state index in [9.17, 15) is 9.59 Å². The van der Waals surface area contributed by atoms with Crippen LogP contribution in [0, 0.1) is 6.92 Å². The standard InChI is InChI=1S/C15H20N2O3/c1-3-4-8-16-14(18)10-17-15(19)20-11-13-7-5-6-12(2)9-13/h4-9H,3,10-11H2,1-2H3,(H,16,18)(H,17,19)/b8-4+. The van der Waals surface area contributed by atoms with Gasteiger partial charge in [0.2, 0.25) is 5.91 Å². The minimum Gasteiger partial charge on any atom is -0.445 e. The zero-order valence-corrected chi connectivity index (χ0v) is 11.8. The van der Waals surface area contributed by atoms with Crippen molar-refractivity contribution in [2.24, 2.45) is 0 Å². The number of benzene rings is 1. The summed E-state index contributed by atoms with van der Waals surface area (Å²) in [5.41, 5.74) is 2.02. The summed E-state index contributed by atoms with van der Waals surface area (Å²) in [7, 11) is 0. The van der Waals surface area contributed by atoms with Crippen LogP contribution in [0.15, 0.2) is 36.5 Å². The van der Waals surface area contributed by atoms with Crippen LogP contribution in [0.5, 0.6) is 0 Å². The van der Waals surface area contributed by atoms with E-state index in [4.69, 9.17) is 4.74 Å². The molecule has 0 saturated heterocycles. The molecule has 0 aliphatic rings. The second-order valence-corrected chi connectivity index (χ2v) is 4.30. The summed E-state index contributed by atoms with van der Waals surface area (Å²) in [6.07, 6.45) is 3.60. The molecule has 0 spiro atoms. The molecule has 0 bridgehead atoms. The first-order valence-corrected chi connectivity index (χ1v) is 6.52. The molecule has 0 fully saturated rings. The first-order chi connectivity index (χ1) is 9.61. The first kappa shape index (κ1) is 15.8. The van der Waals surface area contributed by atoms with E-state index in [1.165, 1.54) is 0 Å². The normalized spacial score (nSPS) is 10.3. The number of carbonyl (C=O) groups is 2. The molecule has 0 aromatic heterocycles. The predicted molar refractivity (Wildman–Crippen MR) is 76.9 cm³/mol. The lowest BCUT2D eigenvalue weighted by Gasteiger charge is -2.07. The van der Waals surface area contributed by atoms with Crippen LogP contribution < -0.4 is 10.6 Å². The van der Waals surface area contributed by atoms with E-state index in [-0.39, 0.29) is 19.1 Å². The van der Waals surface area contributed by atoms with Gasteiger partial charge >= 0.3 is 6.09 Å². The maximum absolute atomic E-state index is 11.4.